The van der Waals surface area contributed by atoms with Crippen molar-refractivity contribution < 1.29 is 9.59 Å². The topological polar surface area (TPSA) is 78.1 Å². The number of benzene rings is 1. The molecule has 0 saturated carbocycles. The van der Waals surface area contributed by atoms with Crippen molar-refractivity contribution in [2.24, 2.45) is 0 Å². The number of hydrogen-bond acceptors (Lipinski definition) is 3. The van der Waals surface area contributed by atoms with E-state index in [-0.39, 0.29) is 11.8 Å². The van der Waals surface area contributed by atoms with Gasteiger partial charge >= 0.3 is 0 Å². The molecule has 1 atom stereocenters. The molecule has 3 rings (SSSR count). The van der Waals surface area contributed by atoms with Crippen LogP contribution in [0.3, 0.4) is 0 Å². The fourth-order valence-electron chi connectivity index (χ4n) is 2.27. The summed E-state index contributed by atoms with van der Waals surface area (Å²) in [6.45, 7) is 3.27. The van der Waals surface area contributed by atoms with E-state index >= 15 is 0 Å². The molecule has 6 heteroatoms. The van der Waals surface area contributed by atoms with Gasteiger partial charge in [0, 0.05) is 18.5 Å². The molecule has 2 amide bonds. The number of likely N-dealkylation sites (tertiary alicyclic amines) is 1. The molecule has 20 heavy (non-hydrogen) atoms. The van der Waals surface area contributed by atoms with E-state index in [1.165, 1.54) is 0 Å². The van der Waals surface area contributed by atoms with Gasteiger partial charge in [-0.2, -0.15) is 5.10 Å². The van der Waals surface area contributed by atoms with E-state index in [4.69, 9.17) is 0 Å². The highest BCUT2D eigenvalue weighted by Gasteiger charge is 2.27. The second-order valence-electron chi connectivity index (χ2n) is 4.99. The van der Waals surface area contributed by atoms with Gasteiger partial charge in [-0.1, -0.05) is 18.2 Å². The zero-order valence-corrected chi connectivity index (χ0v) is 11.2. The first-order valence-corrected chi connectivity index (χ1v) is 6.69. The van der Waals surface area contributed by atoms with Gasteiger partial charge in [-0.3, -0.25) is 14.7 Å². The molecule has 0 aliphatic carbocycles. The molecule has 0 spiro atoms. The van der Waals surface area contributed by atoms with E-state index < -0.39 is 6.04 Å². The Morgan fingerprint density at radius 2 is 2.10 bits per heavy atom. The van der Waals surface area contributed by atoms with E-state index in [9.17, 15) is 9.59 Å². The van der Waals surface area contributed by atoms with Crippen molar-refractivity contribution in [2.75, 3.05) is 13.1 Å². The van der Waals surface area contributed by atoms with Gasteiger partial charge in [0.25, 0.3) is 5.91 Å². The van der Waals surface area contributed by atoms with Gasteiger partial charge in [0.15, 0.2) is 5.69 Å². The van der Waals surface area contributed by atoms with E-state index in [0.717, 1.165) is 30.4 Å². The average molecular weight is 272 g/mol. The smallest absolute Gasteiger partial charge is 0.273 e. The third-order valence-electron chi connectivity index (χ3n) is 3.57. The monoisotopic (exact) mass is 272 g/mol. The summed E-state index contributed by atoms with van der Waals surface area (Å²) in [5.41, 5.74) is 1.13. The number of hydrogen-bond donors (Lipinski definition) is 2. The van der Waals surface area contributed by atoms with Gasteiger partial charge < -0.3 is 10.2 Å². The van der Waals surface area contributed by atoms with Crippen LogP contribution in [0, 0.1) is 0 Å². The Balaban J connectivity index is 1.74. The number of carbonyl (C=O) groups is 2. The van der Waals surface area contributed by atoms with Gasteiger partial charge in [0.2, 0.25) is 5.91 Å². The maximum absolute atomic E-state index is 12.2. The van der Waals surface area contributed by atoms with Crippen LogP contribution in [-0.2, 0) is 4.79 Å². The molecule has 2 N–H and O–H groups in total. The molecule has 1 aliphatic heterocycles. The molecule has 1 saturated heterocycles. The molecular weight excluding hydrogens is 256 g/mol. The lowest BCUT2D eigenvalue weighted by atomic mass is 10.1. The molecule has 1 aromatic carbocycles. The summed E-state index contributed by atoms with van der Waals surface area (Å²) < 4.78 is 0. The number of aromatic nitrogens is 2. The number of nitrogens with one attached hydrogen (secondary N) is 2. The Kier molecular flexibility index (Phi) is 3.14. The number of carbonyl (C=O) groups excluding carboxylic acids is 2. The van der Waals surface area contributed by atoms with Crippen molar-refractivity contribution >= 4 is 22.7 Å². The first-order chi connectivity index (χ1) is 9.66. The fourth-order valence-corrected chi connectivity index (χ4v) is 2.27. The Hall–Kier alpha value is -2.37. The van der Waals surface area contributed by atoms with E-state index in [2.05, 4.69) is 15.5 Å². The maximum Gasteiger partial charge on any atom is 0.273 e. The van der Waals surface area contributed by atoms with Crippen LogP contribution in [-0.4, -0.2) is 46.0 Å². The molecule has 1 aliphatic rings. The predicted octanol–water partition coefficient (Wildman–Crippen LogP) is 0.913. The van der Waals surface area contributed by atoms with Crippen LogP contribution in [0.2, 0.25) is 0 Å². The zero-order valence-electron chi connectivity index (χ0n) is 11.2. The minimum atomic E-state index is -0.529. The highest BCUT2D eigenvalue weighted by molar-refractivity contribution is 6.05. The van der Waals surface area contributed by atoms with Crippen LogP contribution >= 0.6 is 0 Å². The Labute approximate surface area is 116 Å². The number of fused-ring (bicyclic) bond motifs is 1. The van der Waals surface area contributed by atoms with Gasteiger partial charge in [0.1, 0.15) is 6.04 Å². The van der Waals surface area contributed by atoms with Crippen LogP contribution in [0.25, 0.3) is 10.9 Å². The fraction of sp³-hybridized carbons (Fsp3) is 0.357. The van der Waals surface area contributed by atoms with Gasteiger partial charge in [-0.05, 0) is 19.4 Å². The Morgan fingerprint density at radius 3 is 2.80 bits per heavy atom. The second-order valence-corrected chi connectivity index (χ2v) is 4.99. The summed E-state index contributed by atoms with van der Waals surface area (Å²) in [5.74, 6) is -0.367. The van der Waals surface area contributed by atoms with E-state index in [1.807, 2.05) is 24.3 Å². The minimum Gasteiger partial charge on any atom is -0.341 e. The normalized spacial score (nSPS) is 15.8. The van der Waals surface area contributed by atoms with Crippen molar-refractivity contribution in [3.63, 3.8) is 0 Å². The molecule has 6 nitrogen and oxygen atoms in total. The van der Waals surface area contributed by atoms with Crippen molar-refractivity contribution in [1.82, 2.24) is 20.4 Å². The Bertz CT molecular complexity index is 660. The summed E-state index contributed by atoms with van der Waals surface area (Å²) in [4.78, 5) is 25.9. The molecule has 0 bridgehead atoms. The standard InChI is InChI=1S/C14H16N4O2/c1-9(14(20)18-7-4-8-18)15-13(19)12-10-5-2-3-6-11(10)16-17-12/h2-3,5-6,9H,4,7-8H2,1H3,(H,15,19)(H,16,17). The SMILES string of the molecule is CC(NC(=O)c1n[nH]c2ccccc12)C(=O)N1CCC1. The number of nitrogens with zero attached hydrogens (tertiary/aromatic N) is 2. The first kappa shape index (κ1) is 12.7. The first-order valence-electron chi connectivity index (χ1n) is 6.69. The summed E-state index contributed by atoms with van der Waals surface area (Å²) in [6.07, 6.45) is 1.04. The predicted molar refractivity (Wildman–Crippen MR) is 74.2 cm³/mol. The Morgan fingerprint density at radius 1 is 1.35 bits per heavy atom. The lowest BCUT2D eigenvalue weighted by molar-refractivity contribution is -0.136. The zero-order chi connectivity index (χ0) is 14.1. The maximum atomic E-state index is 12.2. The van der Waals surface area contributed by atoms with Crippen molar-refractivity contribution in [1.29, 1.82) is 0 Å². The summed E-state index contributed by atoms with van der Waals surface area (Å²) in [6, 6.07) is 6.88. The number of aromatic amines is 1. The third-order valence-corrected chi connectivity index (χ3v) is 3.57. The largest absolute Gasteiger partial charge is 0.341 e. The number of para-hydroxylation sites is 1. The van der Waals surface area contributed by atoms with Crippen LogP contribution < -0.4 is 5.32 Å². The van der Waals surface area contributed by atoms with E-state index in [1.54, 1.807) is 11.8 Å². The van der Waals surface area contributed by atoms with E-state index in [0.29, 0.717) is 5.69 Å². The summed E-state index contributed by atoms with van der Waals surface area (Å²) in [7, 11) is 0. The van der Waals surface area contributed by atoms with Gasteiger partial charge in [-0.25, -0.2) is 0 Å². The molecular formula is C14H16N4O2. The molecule has 2 aromatic rings. The highest BCUT2D eigenvalue weighted by atomic mass is 16.2. The second kappa shape index (κ2) is 4.96. The highest BCUT2D eigenvalue weighted by Crippen LogP contribution is 2.15. The lowest BCUT2D eigenvalue weighted by Gasteiger charge is -2.33. The molecule has 2 heterocycles. The number of amides is 2. The number of rotatable bonds is 3. The van der Waals surface area contributed by atoms with Crippen molar-refractivity contribution in [3.8, 4) is 0 Å². The molecule has 0 radical (unpaired) electrons. The van der Waals surface area contributed by atoms with Crippen LogP contribution in [0.4, 0.5) is 0 Å². The van der Waals surface area contributed by atoms with Crippen molar-refractivity contribution in [2.45, 2.75) is 19.4 Å². The lowest BCUT2D eigenvalue weighted by Crippen LogP contribution is -2.51. The summed E-state index contributed by atoms with van der Waals surface area (Å²) in [5, 5.41) is 10.3. The molecule has 104 valence electrons. The van der Waals surface area contributed by atoms with Crippen LogP contribution in [0.15, 0.2) is 24.3 Å². The van der Waals surface area contributed by atoms with Crippen molar-refractivity contribution in [3.05, 3.63) is 30.0 Å². The number of H-pyrrole nitrogens is 1. The van der Waals surface area contributed by atoms with Gasteiger partial charge in [-0.15, -0.1) is 0 Å². The average Bonchev–Trinajstić information content (AvgIpc) is 2.80. The molecule has 1 unspecified atom stereocenters. The minimum absolute atomic E-state index is 0.0376. The van der Waals surface area contributed by atoms with Crippen LogP contribution in [0.5, 0.6) is 0 Å². The molecule has 1 fully saturated rings. The van der Waals surface area contributed by atoms with Crippen LogP contribution in [0.1, 0.15) is 23.8 Å². The quantitative estimate of drug-likeness (QED) is 0.872. The molecule has 1 aromatic heterocycles. The van der Waals surface area contributed by atoms with Gasteiger partial charge in [0.05, 0.1) is 5.52 Å². The summed E-state index contributed by atoms with van der Waals surface area (Å²) >= 11 is 0. The third kappa shape index (κ3) is 2.13.